The number of halogens is 2. The molecule has 2 heterocycles. The average molecular weight is 368 g/mol. The topological polar surface area (TPSA) is 47.4 Å². The van der Waals surface area contributed by atoms with E-state index in [1.807, 2.05) is 32.0 Å². The molecule has 0 amide bonds. The summed E-state index contributed by atoms with van der Waals surface area (Å²) in [5.74, 6) is 0. The summed E-state index contributed by atoms with van der Waals surface area (Å²) in [6, 6.07) is 7.37. The van der Waals surface area contributed by atoms with Crippen LogP contribution in [-0.2, 0) is 11.3 Å². The molecule has 2 aromatic rings. The number of ether oxygens (including phenoxy) is 1. The lowest BCUT2D eigenvalue weighted by Crippen LogP contribution is -2.46. The van der Waals surface area contributed by atoms with Gasteiger partial charge in [-0.3, -0.25) is 4.79 Å². The van der Waals surface area contributed by atoms with Crippen LogP contribution in [0.3, 0.4) is 0 Å². The number of anilines is 1. The van der Waals surface area contributed by atoms with Gasteiger partial charge in [-0.15, -0.1) is 0 Å². The van der Waals surface area contributed by atoms with Crippen LogP contribution < -0.4 is 10.5 Å². The summed E-state index contributed by atoms with van der Waals surface area (Å²) >= 11 is 12.5. The van der Waals surface area contributed by atoms with Gasteiger partial charge in [-0.2, -0.15) is 5.10 Å². The lowest BCUT2D eigenvalue weighted by Gasteiger charge is -2.36. The van der Waals surface area contributed by atoms with Crippen LogP contribution in [0, 0.1) is 0 Å². The van der Waals surface area contributed by atoms with Gasteiger partial charge in [0.2, 0.25) is 0 Å². The fraction of sp³-hybridized carbons (Fsp3) is 0.412. The number of morpholine rings is 1. The van der Waals surface area contributed by atoms with Gasteiger partial charge in [0.05, 0.1) is 30.6 Å². The van der Waals surface area contributed by atoms with E-state index in [-0.39, 0.29) is 29.3 Å². The lowest BCUT2D eigenvalue weighted by atomic mass is 10.2. The molecule has 0 radical (unpaired) electrons. The van der Waals surface area contributed by atoms with Gasteiger partial charge in [-0.05, 0) is 25.5 Å². The van der Waals surface area contributed by atoms with Gasteiger partial charge in [-0.1, -0.05) is 41.4 Å². The van der Waals surface area contributed by atoms with E-state index in [2.05, 4.69) is 10.00 Å². The van der Waals surface area contributed by atoms with Crippen LogP contribution in [0.25, 0.3) is 0 Å². The molecular weight excluding hydrogens is 349 g/mol. The molecule has 1 aliphatic heterocycles. The molecule has 24 heavy (non-hydrogen) atoms. The zero-order valence-corrected chi connectivity index (χ0v) is 15.1. The summed E-state index contributed by atoms with van der Waals surface area (Å²) < 4.78 is 7.05. The van der Waals surface area contributed by atoms with Gasteiger partial charge in [-0.25, -0.2) is 4.68 Å². The molecule has 0 aliphatic carbocycles. The average Bonchev–Trinajstić information content (AvgIpc) is 2.53. The van der Waals surface area contributed by atoms with Crippen LogP contribution in [0.1, 0.15) is 19.4 Å². The summed E-state index contributed by atoms with van der Waals surface area (Å²) in [6.45, 7) is 5.65. The van der Waals surface area contributed by atoms with Crippen molar-refractivity contribution in [3.05, 3.63) is 56.4 Å². The molecule has 3 rings (SSSR count). The minimum absolute atomic E-state index is 0.0790. The maximum atomic E-state index is 12.6. The number of hydrogen-bond donors (Lipinski definition) is 0. The van der Waals surface area contributed by atoms with Crippen molar-refractivity contribution in [2.24, 2.45) is 0 Å². The Morgan fingerprint density at radius 3 is 2.54 bits per heavy atom. The minimum Gasteiger partial charge on any atom is -0.372 e. The SMILES string of the molecule is CC1CN(c2cnn(Cc3ccccc3Cl)c(=O)c2Cl)CC(C)O1. The summed E-state index contributed by atoms with van der Waals surface area (Å²) in [4.78, 5) is 14.6. The molecule has 0 spiro atoms. The van der Waals surface area contributed by atoms with Crippen LogP contribution in [0.2, 0.25) is 10.0 Å². The van der Waals surface area contributed by atoms with Gasteiger partial charge < -0.3 is 9.64 Å². The van der Waals surface area contributed by atoms with Crippen LogP contribution in [0.4, 0.5) is 5.69 Å². The number of nitrogens with zero attached hydrogens (tertiary/aromatic N) is 3. The molecule has 1 fully saturated rings. The summed E-state index contributed by atoms with van der Waals surface area (Å²) in [7, 11) is 0. The maximum Gasteiger partial charge on any atom is 0.287 e. The van der Waals surface area contributed by atoms with Crippen molar-refractivity contribution in [2.75, 3.05) is 18.0 Å². The minimum atomic E-state index is -0.319. The molecule has 2 unspecified atom stereocenters. The Labute approximate surface area is 150 Å². The fourth-order valence-corrected chi connectivity index (χ4v) is 3.41. The molecule has 1 aromatic carbocycles. The molecule has 1 aliphatic rings. The third-order valence-corrected chi connectivity index (χ3v) is 4.73. The monoisotopic (exact) mass is 367 g/mol. The number of hydrogen-bond acceptors (Lipinski definition) is 4. The van der Waals surface area contributed by atoms with E-state index in [1.165, 1.54) is 4.68 Å². The predicted molar refractivity (Wildman–Crippen MR) is 96.3 cm³/mol. The number of aromatic nitrogens is 2. The van der Waals surface area contributed by atoms with Gasteiger partial charge in [0.15, 0.2) is 0 Å². The third-order valence-electron chi connectivity index (χ3n) is 4.00. The Balaban J connectivity index is 1.89. The standard InChI is InChI=1S/C17H19Cl2N3O2/c1-11-8-21(9-12(2)24-11)15-7-20-22(17(23)16(15)19)10-13-5-3-4-6-14(13)18/h3-7,11-12H,8-10H2,1-2H3. The molecule has 1 aromatic heterocycles. The first-order chi connectivity index (χ1) is 11.5. The number of benzene rings is 1. The number of rotatable bonds is 3. The molecule has 0 bridgehead atoms. The second kappa shape index (κ2) is 7.13. The van der Waals surface area contributed by atoms with Gasteiger partial charge in [0.1, 0.15) is 5.02 Å². The summed E-state index contributed by atoms with van der Waals surface area (Å²) in [5.41, 5.74) is 1.16. The van der Waals surface area contributed by atoms with Crippen molar-refractivity contribution in [2.45, 2.75) is 32.6 Å². The van der Waals surface area contributed by atoms with E-state index in [1.54, 1.807) is 12.3 Å². The van der Waals surface area contributed by atoms with Gasteiger partial charge in [0, 0.05) is 18.1 Å². The molecular formula is C17H19Cl2N3O2. The van der Waals surface area contributed by atoms with Crippen molar-refractivity contribution in [3.8, 4) is 0 Å². The molecule has 128 valence electrons. The highest BCUT2D eigenvalue weighted by Gasteiger charge is 2.25. The van der Waals surface area contributed by atoms with E-state index >= 15 is 0 Å². The van der Waals surface area contributed by atoms with E-state index in [0.29, 0.717) is 23.8 Å². The van der Waals surface area contributed by atoms with Crippen LogP contribution in [-0.4, -0.2) is 35.1 Å². The molecule has 2 atom stereocenters. The van der Waals surface area contributed by atoms with Crippen molar-refractivity contribution in [1.82, 2.24) is 9.78 Å². The van der Waals surface area contributed by atoms with E-state index in [9.17, 15) is 4.79 Å². The molecule has 0 N–H and O–H groups in total. The quantitative estimate of drug-likeness (QED) is 0.835. The first-order valence-electron chi connectivity index (χ1n) is 7.85. The van der Waals surface area contributed by atoms with E-state index in [0.717, 1.165) is 5.56 Å². The Morgan fingerprint density at radius 2 is 1.88 bits per heavy atom. The lowest BCUT2D eigenvalue weighted by molar-refractivity contribution is -0.00524. The fourth-order valence-electron chi connectivity index (χ4n) is 2.95. The smallest absolute Gasteiger partial charge is 0.287 e. The highest BCUT2D eigenvalue weighted by Crippen LogP contribution is 2.25. The Hall–Kier alpha value is -1.56. The van der Waals surface area contributed by atoms with Gasteiger partial charge >= 0.3 is 0 Å². The van der Waals surface area contributed by atoms with E-state index in [4.69, 9.17) is 27.9 Å². The van der Waals surface area contributed by atoms with Crippen LogP contribution in [0.5, 0.6) is 0 Å². The second-order valence-corrected chi connectivity index (χ2v) is 6.85. The van der Waals surface area contributed by atoms with Crippen molar-refractivity contribution in [3.63, 3.8) is 0 Å². The zero-order valence-electron chi connectivity index (χ0n) is 13.6. The zero-order chi connectivity index (χ0) is 17.3. The first kappa shape index (κ1) is 17.3. The highest BCUT2D eigenvalue weighted by molar-refractivity contribution is 6.33. The molecule has 5 nitrogen and oxygen atoms in total. The molecule has 7 heteroatoms. The Morgan fingerprint density at radius 1 is 1.21 bits per heavy atom. The highest BCUT2D eigenvalue weighted by atomic mass is 35.5. The maximum absolute atomic E-state index is 12.6. The van der Waals surface area contributed by atoms with Crippen LogP contribution >= 0.6 is 23.2 Å². The summed E-state index contributed by atoms with van der Waals surface area (Å²) in [6.07, 6.45) is 1.80. The molecule has 1 saturated heterocycles. The normalized spacial score (nSPS) is 21.1. The first-order valence-corrected chi connectivity index (χ1v) is 8.60. The third kappa shape index (κ3) is 3.58. The Bertz CT molecular complexity index is 784. The van der Waals surface area contributed by atoms with Crippen molar-refractivity contribution < 1.29 is 4.74 Å². The van der Waals surface area contributed by atoms with Crippen molar-refractivity contribution >= 4 is 28.9 Å². The van der Waals surface area contributed by atoms with Crippen molar-refractivity contribution in [1.29, 1.82) is 0 Å². The second-order valence-electron chi connectivity index (χ2n) is 6.06. The Kier molecular flexibility index (Phi) is 5.13. The van der Waals surface area contributed by atoms with Gasteiger partial charge in [0.25, 0.3) is 5.56 Å². The largest absolute Gasteiger partial charge is 0.372 e. The molecule has 0 saturated carbocycles. The summed E-state index contributed by atoms with van der Waals surface area (Å²) in [5, 5.41) is 5.06. The van der Waals surface area contributed by atoms with E-state index < -0.39 is 0 Å². The van der Waals surface area contributed by atoms with Crippen LogP contribution in [0.15, 0.2) is 35.3 Å². The predicted octanol–water partition coefficient (Wildman–Crippen LogP) is 3.21.